The summed E-state index contributed by atoms with van der Waals surface area (Å²) >= 11 is 0. The van der Waals surface area contributed by atoms with Gasteiger partial charge in [-0.25, -0.2) is 0 Å². The molecule has 0 aromatic heterocycles. The van der Waals surface area contributed by atoms with E-state index in [1.807, 2.05) is 7.05 Å². The molecule has 1 saturated carbocycles. The van der Waals surface area contributed by atoms with Crippen LogP contribution in [0.2, 0.25) is 0 Å². The Balaban J connectivity index is 2.25. The Bertz CT molecular complexity index is 187. The second-order valence-corrected chi connectivity index (χ2v) is 3.99. The van der Waals surface area contributed by atoms with Crippen LogP contribution in [0.3, 0.4) is 0 Å². The highest BCUT2D eigenvalue weighted by Crippen LogP contribution is 2.21. The second-order valence-electron chi connectivity index (χ2n) is 3.99. The van der Waals surface area contributed by atoms with E-state index in [1.54, 1.807) is 6.92 Å². The van der Waals surface area contributed by atoms with E-state index in [-0.39, 0.29) is 12.1 Å². The normalized spacial score (nSPS) is 29.6. The number of nitrogens with two attached hydrogens (primary N) is 1. The lowest BCUT2D eigenvalue weighted by atomic mass is 9.93. The van der Waals surface area contributed by atoms with E-state index in [4.69, 9.17) is 10.5 Å². The van der Waals surface area contributed by atoms with E-state index in [0.717, 1.165) is 25.7 Å². The van der Waals surface area contributed by atoms with E-state index in [2.05, 4.69) is 5.32 Å². The summed E-state index contributed by atoms with van der Waals surface area (Å²) in [6.45, 7) is 1.65. The Morgan fingerprint density at radius 3 is 2.43 bits per heavy atom. The highest BCUT2D eigenvalue weighted by Gasteiger charge is 2.23. The summed E-state index contributed by atoms with van der Waals surface area (Å²) in [7, 11) is 1.97. The molecule has 1 aliphatic rings. The quantitative estimate of drug-likeness (QED) is 0.648. The van der Waals surface area contributed by atoms with Crippen molar-refractivity contribution in [2.24, 2.45) is 5.73 Å². The first-order valence-electron chi connectivity index (χ1n) is 5.26. The molecule has 0 heterocycles. The molecular weight excluding hydrogens is 180 g/mol. The van der Waals surface area contributed by atoms with E-state index in [9.17, 15) is 4.79 Å². The van der Waals surface area contributed by atoms with Crippen LogP contribution in [0.1, 0.15) is 32.6 Å². The van der Waals surface area contributed by atoms with E-state index < -0.39 is 6.04 Å². The average Bonchev–Trinajstić information content (AvgIpc) is 2.19. The van der Waals surface area contributed by atoms with Gasteiger partial charge >= 0.3 is 5.97 Å². The Morgan fingerprint density at radius 1 is 1.43 bits per heavy atom. The van der Waals surface area contributed by atoms with Gasteiger partial charge in [-0.05, 0) is 39.7 Å². The lowest BCUT2D eigenvalue weighted by Crippen LogP contribution is -2.37. The average molecular weight is 200 g/mol. The van der Waals surface area contributed by atoms with Gasteiger partial charge in [0, 0.05) is 6.04 Å². The van der Waals surface area contributed by atoms with Crippen molar-refractivity contribution in [1.82, 2.24) is 5.32 Å². The van der Waals surface area contributed by atoms with Crippen LogP contribution in [0.5, 0.6) is 0 Å². The van der Waals surface area contributed by atoms with Gasteiger partial charge in [0.2, 0.25) is 0 Å². The smallest absolute Gasteiger partial charge is 0.322 e. The van der Waals surface area contributed by atoms with E-state index in [1.165, 1.54) is 0 Å². The Hall–Kier alpha value is -0.610. The van der Waals surface area contributed by atoms with Gasteiger partial charge in [-0.2, -0.15) is 0 Å². The maximum Gasteiger partial charge on any atom is 0.322 e. The molecule has 1 aliphatic carbocycles. The molecule has 4 heteroatoms. The number of rotatable bonds is 3. The van der Waals surface area contributed by atoms with Crippen LogP contribution >= 0.6 is 0 Å². The fraction of sp³-hybridized carbons (Fsp3) is 0.900. The molecule has 0 saturated heterocycles. The summed E-state index contributed by atoms with van der Waals surface area (Å²) in [5.41, 5.74) is 5.42. The standard InChI is InChI=1S/C10H20N2O2/c1-7(11)10(13)14-9-5-3-8(12-2)4-6-9/h7-9,12H,3-6,11H2,1-2H3/t7-,8-,9-/m0/s1. The van der Waals surface area contributed by atoms with Crippen molar-refractivity contribution in [3.8, 4) is 0 Å². The summed E-state index contributed by atoms with van der Waals surface area (Å²) in [4.78, 5) is 11.2. The van der Waals surface area contributed by atoms with Crippen molar-refractivity contribution < 1.29 is 9.53 Å². The number of hydrogen-bond donors (Lipinski definition) is 2. The van der Waals surface area contributed by atoms with Crippen molar-refractivity contribution >= 4 is 5.97 Å². The zero-order valence-electron chi connectivity index (χ0n) is 8.95. The van der Waals surface area contributed by atoms with Crippen LogP contribution in [0.4, 0.5) is 0 Å². The van der Waals surface area contributed by atoms with Gasteiger partial charge in [0.05, 0.1) is 0 Å². The summed E-state index contributed by atoms with van der Waals surface area (Å²) in [6.07, 6.45) is 4.13. The topological polar surface area (TPSA) is 64.3 Å². The predicted molar refractivity (Wildman–Crippen MR) is 54.8 cm³/mol. The minimum Gasteiger partial charge on any atom is -0.461 e. The first-order chi connectivity index (χ1) is 6.63. The molecule has 0 aromatic carbocycles. The van der Waals surface area contributed by atoms with Crippen LogP contribution in [-0.2, 0) is 9.53 Å². The summed E-state index contributed by atoms with van der Waals surface area (Å²) in [5, 5.41) is 3.24. The maximum atomic E-state index is 11.2. The second kappa shape index (κ2) is 5.32. The molecule has 0 aromatic rings. The predicted octanol–water partition coefficient (Wildman–Crippen LogP) is 0.407. The summed E-state index contributed by atoms with van der Waals surface area (Å²) < 4.78 is 5.25. The minimum atomic E-state index is -0.503. The fourth-order valence-electron chi connectivity index (χ4n) is 1.74. The molecule has 0 radical (unpaired) electrons. The number of carbonyl (C=O) groups excluding carboxylic acids is 1. The van der Waals surface area contributed by atoms with Gasteiger partial charge in [-0.1, -0.05) is 0 Å². The molecule has 1 rings (SSSR count). The molecule has 4 nitrogen and oxygen atoms in total. The molecule has 0 spiro atoms. The molecule has 1 atom stereocenters. The molecule has 0 unspecified atom stereocenters. The first-order valence-corrected chi connectivity index (χ1v) is 5.26. The molecule has 3 N–H and O–H groups in total. The molecular formula is C10H20N2O2. The van der Waals surface area contributed by atoms with Gasteiger partial charge < -0.3 is 15.8 Å². The highest BCUT2D eigenvalue weighted by molar-refractivity contribution is 5.75. The van der Waals surface area contributed by atoms with Crippen molar-refractivity contribution in [3.63, 3.8) is 0 Å². The number of nitrogens with one attached hydrogen (secondary N) is 1. The molecule has 0 amide bonds. The third-order valence-electron chi connectivity index (χ3n) is 2.74. The van der Waals surface area contributed by atoms with Crippen LogP contribution < -0.4 is 11.1 Å². The maximum absolute atomic E-state index is 11.2. The number of hydrogen-bond acceptors (Lipinski definition) is 4. The lowest BCUT2D eigenvalue weighted by Gasteiger charge is -2.28. The minimum absolute atomic E-state index is 0.0816. The molecule has 82 valence electrons. The van der Waals surface area contributed by atoms with Crippen LogP contribution in [0.15, 0.2) is 0 Å². The van der Waals surface area contributed by atoms with Gasteiger partial charge in [0.25, 0.3) is 0 Å². The molecule has 14 heavy (non-hydrogen) atoms. The molecule has 0 bridgehead atoms. The van der Waals surface area contributed by atoms with Crippen molar-refractivity contribution in [3.05, 3.63) is 0 Å². The van der Waals surface area contributed by atoms with E-state index >= 15 is 0 Å². The number of esters is 1. The fourth-order valence-corrected chi connectivity index (χ4v) is 1.74. The third kappa shape index (κ3) is 3.27. The zero-order chi connectivity index (χ0) is 10.6. The van der Waals surface area contributed by atoms with Gasteiger partial charge in [0.1, 0.15) is 12.1 Å². The van der Waals surface area contributed by atoms with Crippen molar-refractivity contribution in [2.75, 3.05) is 7.05 Å². The summed E-state index contributed by atoms with van der Waals surface area (Å²) in [5.74, 6) is -0.280. The zero-order valence-corrected chi connectivity index (χ0v) is 8.95. The van der Waals surface area contributed by atoms with Crippen LogP contribution in [-0.4, -0.2) is 31.2 Å². The van der Waals surface area contributed by atoms with Crippen LogP contribution in [0, 0.1) is 0 Å². The Kier molecular flexibility index (Phi) is 4.35. The van der Waals surface area contributed by atoms with Crippen molar-refractivity contribution in [1.29, 1.82) is 0 Å². The summed E-state index contributed by atoms with van der Waals surface area (Å²) in [6, 6.07) is 0.0808. The van der Waals surface area contributed by atoms with Gasteiger partial charge in [-0.15, -0.1) is 0 Å². The Morgan fingerprint density at radius 2 is 2.00 bits per heavy atom. The monoisotopic (exact) mass is 200 g/mol. The molecule has 0 aliphatic heterocycles. The lowest BCUT2D eigenvalue weighted by molar-refractivity contribution is -0.151. The van der Waals surface area contributed by atoms with Crippen molar-refractivity contribution in [2.45, 2.75) is 50.8 Å². The number of carbonyl (C=O) groups is 1. The first kappa shape index (κ1) is 11.5. The van der Waals surface area contributed by atoms with Gasteiger partial charge in [0.15, 0.2) is 0 Å². The van der Waals surface area contributed by atoms with Gasteiger partial charge in [-0.3, -0.25) is 4.79 Å². The third-order valence-corrected chi connectivity index (χ3v) is 2.74. The van der Waals surface area contributed by atoms with Crippen LogP contribution in [0.25, 0.3) is 0 Å². The number of ether oxygens (including phenoxy) is 1. The van der Waals surface area contributed by atoms with E-state index in [0.29, 0.717) is 6.04 Å². The highest BCUT2D eigenvalue weighted by atomic mass is 16.5. The Labute approximate surface area is 85.2 Å². The SMILES string of the molecule is CN[C@H]1CC[C@H](OC(=O)[C@H](C)N)CC1. The largest absolute Gasteiger partial charge is 0.461 e. The molecule has 1 fully saturated rings.